The molecule has 0 unspecified atom stereocenters. The first kappa shape index (κ1) is 19.2. The Labute approximate surface area is 170 Å². The molecule has 0 aliphatic carbocycles. The fourth-order valence-electron chi connectivity index (χ4n) is 3.73. The second-order valence-corrected chi connectivity index (χ2v) is 7.26. The number of amides is 1. The summed E-state index contributed by atoms with van der Waals surface area (Å²) in [6.45, 7) is 4.48. The van der Waals surface area contributed by atoms with E-state index in [0.29, 0.717) is 25.6 Å². The summed E-state index contributed by atoms with van der Waals surface area (Å²) in [6.07, 6.45) is 1.81. The number of hydrogen-bond donors (Lipinski definition) is 1. The molecule has 2 heterocycles. The average Bonchev–Trinajstić information content (AvgIpc) is 2.78. The van der Waals surface area contributed by atoms with E-state index in [0.717, 1.165) is 41.8 Å². The quantitative estimate of drug-likeness (QED) is 0.697. The molecule has 0 bridgehead atoms. The van der Waals surface area contributed by atoms with Crippen molar-refractivity contribution >= 4 is 22.8 Å². The number of hydrogen-bond acceptors (Lipinski definition) is 5. The van der Waals surface area contributed by atoms with E-state index in [1.807, 2.05) is 61.5 Å². The Balaban J connectivity index is 1.50. The molecule has 150 valence electrons. The number of aromatic nitrogens is 2. The molecule has 6 nitrogen and oxygen atoms in total. The predicted molar refractivity (Wildman–Crippen MR) is 114 cm³/mol. The minimum atomic E-state index is -0.0739. The first-order chi connectivity index (χ1) is 14.2. The van der Waals surface area contributed by atoms with Gasteiger partial charge in [0.05, 0.1) is 23.6 Å². The number of rotatable bonds is 6. The van der Waals surface area contributed by atoms with Crippen molar-refractivity contribution in [1.82, 2.24) is 15.3 Å². The topological polar surface area (TPSA) is 67.4 Å². The van der Waals surface area contributed by atoms with Gasteiger partial charge in [-0.15, -0.1) is 0 Å². The summed E-state index contributed by atoms with van der Waals surface area (Å²) in [5.41, 5.74) is 2.75. The third-order valence-electron chi connectivity index (χ3n) is 5.20. The maximum absolute atomic E-state index is 12.8. The lowest BCUT2D eigenvalue weighted by Crippen LogP contribution is -2.43. The Morgan fingerprint density at radius 3 is 2.59 bits per heavy atom. The Hall–Kier alpha value is -3.15. The Morgan fingerprint density at radius 2 is 1.83 bits per heavy atom. The minimum absolute atomic E-state index is 0.0739. The van der Waals surface area contributed by atoms with E-state index in [4.69, 9.17) is 9.72 Å². The van der Waals surface area contributed by atoms with Crippen molar-refractivity contribution in [1.29, 1.82) is 0 Å². The number of piperidine rings is 1. The second-order valence-electron chi connectivity index (χ2n) is 7.26. The monoisotopic (exact) mass is 390 g/mol. The van der Waals surface area contributed by atoms with E-state index in [-0.39, 0.29) is 11.8 Å². The molecule has 0 radical (unpaired) electrons. The number of benzene rings is 2. The van der Waals surface area contributed by atoms with E-state index in [9.17, 15) is 4.79 Å². The van der Waals surface area contributed by atoms with Gasteiger partial charge in [0.25, 0.3) is 5.88 Å². The van der Waals surface area contributed by atoms with Crippen LogP contribution in [0.1, 0.15) is 25.3 Å². The lowest BCUT2D eigenvalue weighted by atomic mass is 9.97. The van der Waals surface area contributed by atoms with Crippen LogP contribution in [-0.2, 0) is 11.3 Å². The molecule has 1 N–H and O–H groups in total. The van der Waals surface area contributed by atoms with Gasteiger partial charge in [-0.3, -0.25) is 4.79 Å². The van der Waals surface area contributed by atoms with Gasteiger partial charge < -0.3 is 15.0 Å². The van der Waals surface area contributed by atoms with Gasteiger partial charge in [-0.1, -0.05) is 42.5 Å². The third kappa shape index (κ3) is 4.47. The van der Waals surface area contributed by atoms with Crippen LogP contribution in [0.3, 0.4) is 0 Å². The molecule has 3 aromatic rings. The van der Waals surface area contributed by atoms with Gasteiger partial charge >= 0.3 is 0 Å². The molecule has 1 aliphatic heterocycles. The summed E-state index contributed by atoms with van der Waals surface area (Å²) in [4.78, 5) is 24.4. The van der Waals surface area contributed by atoms with Crippen LogP contribution in [0, 0.1) is 5.92 Å². The second kappa shape index (κ2) is 8.90. The molecule has 1 aromatic heterocycles. The van der Waals surface area contributed by atoms with Crippen molar-refractivity contribution in [2.45, 2.75) is 26.3 Å². The minimum Gasteiger partial charge on any atom is -0.475 e. The normalized spacial score (nSPS) is 16.6. The van der Waals surface area contributed by atoms with Crippen molar-refractivity contribution in [2.75, 3.05) is 24.6 Å². The van der Waals surface area contributed by atoms with Crippen LogP contribution in [0.5, 0.6) is 5.88 Å². The highest BCUT2D eigenvalue weighted by molar-refractivity contribution is 5.80. The van der Waals surface area contributed by atoms with Crippen LogP contribution in [0.25, 0.3) is 11.0 Å². The molecule has 1 fully saturated rings. The number of nitrogens with zero attached hydrogens (tertiary/aromatic N) is 3. The van der Waals surface area contributed by atoms with Crippen molar-refractivity contribution in [3.8, 4) is 5.88 Å². The number of nitrogens with one attached hydrogen (secondary N) is 1. The Kier molecular flexibility index (Phi) is 5.89. The van der Waals surface area contributed by atoms with Crippen molar-refractivity contribution < 1.29 is 9.53 Å². The van der Waals surface area contributed by atoms with E-state index in [1.54, 1.807) is 0 Å². The van der Waals surface area contributed by atoms with Crippen molar-refractivity contribution in [3.05, 3.63) is 60.2 Å². The van der Waals surface area contributed by atoms with E-state index >= 15 is 0 Å². The number of carbonyl (C=O) groups is 1. The van der Waals surface area contributed by atoms with Gasteiger partial charge in [0, 0.05) is 19.6 Å². The molecule has 0 saturated carbocycles. The Morgan fingerprint density at radius 1 is 1.10 bits per heavy atom. The van der Waals surface area contributed by atoms with E-state index in [2.05, 4.69) is 15.2 Å². The van der Waals surface area contributed by atoms with Crippen LogP contribution in [0.2, 0.25) is 0 Å². The first-order valence-corrected chi connectivity index (χ1v) is 10.2. The number of para-hydroxylation sites is 2. The maximum Gasteiger partial charge on any atom is 0.258 e. The van der Waals surface area contributed by atoms with Crippen LogP contribution in [0.15, 0.2) is 54.6 Å². The van der Waals surface area contributed by atoms with Gasteiger partial charge in [0.2, 0.25) is 5.91 Å². The summed E-state index contributed by atoms with van der Waals surface area (Å²) in [7, 11) is 0. The summed E-state index contributed by atoms with van der Waals surface area (Å²) in [5, 5.41) is 3.08. The van der Waals surface area contributed by atoms with Gasteiger partial charge in [-0.05, 0) is 37.5 Å². The molecule has 1 atom stereocenters. The van der Waals surface area contributed by atoms with Gasteiger partial charge in [-0.2, -0.15) is 0 Å². The number of anilines is 1. The summed E-state index contributed by atoms with van der Waals surface area (Å²) in [6, 6.07) is 17.8. The van der Waals surface area contributed by atoms with Crippen LogP contribution >= 0.6 is 0 Å². The zero-order valence-corrected chi connectivity index (χ0v) is 16.7. The van der Waals surface area contributed by atoms with Crippen LogP contribution in [0.4, 0.5) is 5.82 Å². The number of carbonyl (C=O) groups excluding carboxylic acids is 1. The number of ether oxygens (including phenoxy) is 1. The Bertz CT molecular complexity index is 977. The highest BCUT2D eigenvalue weighted by Crippen LogP contribution is 2.30. The first-order valence-electron chi connectivity index (χ1n) is 10.2. The lowest BCUT2D eigenvalue weighted by Gasteiger charge is -2.33. The fraction of sp³-hybridized carbons (Fsp3) is 0.348. The van der Waals surface area contributed by atoms with E-state index < -0.39 is 0 Å². The molecule has 1 saturated heterocycles. The van der Waals surface area contributed by atoms with Crippen LogP contribution in [-0.4, -0.2) is 35.6 Å². The predicted octanol–water partition coefficient (Wildman–Crippen LogP) is 3.56. The van der Waals surface area contributed by atoms with Gasteiger partial charge in [-0.25, -0.2) is 9.97 Å². The molecule has 0 spiro atoms. The zero-order chi connectivity index (χ0) is 20.1. The summed E-state index contributed by atoms with van der Waals surface area (Å²) < 4.78 is 5.78. The maximum atomic E-state index is 12.8. The summed E-state index contributed by atoms with van der Waals surface area (Å²) in [5.74, 6) is 1.28. The molecule has 4 rings (SSSR count). The number of fused-ring (bicyclic) bond motifs is 1. The largest absolute Gasteiger partial charge is 0.475 e. The zero-order valence-electron chi connectivity index (χ0n) is 16.7. The van der Waals surface area contributed by atoms with Crippen LogP contribution < -0.4 is 15.0 Å². The van der Waals surface area contributed by atoms with E-state index in [1.165, 1.54) is 0 Å². The molecule has 6 heteroatoms. The highest BCUT2D eigenvalue weighted by Gasteiger charge is 2.28. The van der Waals surface area contributed by atoms with Gasteiger partial charge in [0.15, 0.2) is 5.82 Å². The molecule has 1 aliphatic rings. The molecular weight excluding hydrogens is 364 g/mol. The summed E-state index contributed by atoms with van der Waals surface area (Å²) >= 11 is 0. The van der Waals surface area contributed by atoms with Gasteiger partial charge in [0.1, 0.15) is 0 Å². The molecule has 1 amide bonds. The average molecular weight is 390 g/mol. The molecule has 2 aromatic carbocycles. The highest BCUT2D eigenvalue weighted by atomic mass is 16.5. The smallest absolute Gasteiger partial charge is 0.258 e. The SMILES string of the molecule is CCOc1nc2ccccc2nc1N1CCC[C@@H](C(=O)NCc2ccccc2)C1. The lowest BCUT2D eigenvalue weighted by molar-refractivity contribution is -0.125. The molecule has 29 heavy (non-hydrogen) atoms. The van der Waals surface area contributed by atoms with Crippen molar-refractivity contribution in [3.63, 3.8) is 0 Å². The third-order valence-corrected chi connectivity index (χ3v) is 5.20. The fourth-order valence-corrected chi connectivity index (χ4v) is 3.73. The standard InChI is InChI=1S/C23H26N4O2/c1-2-29-23-21(25-19-12-6-7-13-20(19)26-23)27-14-8-11-18(16-27)22(28)24-15-17-9-4-3-5-10-17/h3-7,9-10,12-13,18H,2,8,11,14-16H2,1H3,(H,24,28)/t18-/m1/s1. The molecular formula is C23H26N4O2. The van der Waals surface area contributed by atoms with Crippen molar-refractivity contribution in [2.24, 2.45) is 5.92 Å².